The third-order valence-electron chi connectivity index (χ3n) is 7.02. The molecular weight excluding hydrogens is 463 g/mol. The first-order valence-electron chi connectivity index (χ1n) is 12.5. The third-order valence-corrected chi connectivity index (χ3v) is 7.02. The predicted molar refractivity (Wildman–Crippen MR) is 134 cm³/mol. The maximum atomic E-state index is 13.2. The van der Waals surface area contributed by atoms with Gasteiger partial charge in [-0.2, -0.15) is 13.2 Å². The van der Waals surface area contributed by atoms with Crippen LogP contribution in [-0.2, 0) is 28.9 Å². The molecule has 3 aromatic carbocycles. The lowest BCUT2D eigenvalue weighted by molar-refractivity contribution is -0.139. The van der Waals surface area contributed by atoms with E-state index in [1.807, 2.05) is 61.5 Å². The van der Waals surface area contributed by atoms with E-state index in [1.165, 1.54) is 12.1 Å². The summed E-state index contributed by atoms with van der Waals surface area (Å²) in [6.07, 6.45) is -0.446. The van der Waals surface area contributed by atoms with E-state index in [0.29, 0.717) is 0 Å². The number of rotatable bonds is 8. The van der Waals surface area contributed by atoms with Gasteiger partial charge in [0.05, 0.1) is 24.8 Å². The van der Waals surface area contributed by atoms with Gasteiger partial charge in [0.15, 0.2) is 0 Å². The van der Waals surface area contributed by atoms with Crippen LogP contribution in [0.4, 0.5) is 13.2 Å². The van der Waals surface area contributed by atoms with Crippen molar-refractivity contribution in [2.24, 2.45) is 5.92 Å². The van der Waals surface area contributed by atoms with Crippen molar-refractivity contribution < 1.29 is 22.7 Å². The van der Waals surface area contributed by atoms with Gasteiger partial charge in [-0.1, -0.05) is 85.6 Å². The average molecular weight is 496 g/mol. The zero-order chi connectivity index (χ0) is 25.5. The summed E-state index contributed by atoms with van der Waals surface area (Å²) in [5, 5.41) is 3.20. The topological polar surface area (TPSA) is 38.3 Å². The van der Waals surface area contributed by atoms with E-state index in [2.05, 4.69) is 5.32 Å². The summed E-state index contributed by atoms with van der Waals surface area (Å²) in [6.45, 7) is 2.12. The van der Waals surface area contributed by atoms with Crippen LogP contribution in [0.5, 0.6) is 0 Å². The number of carbonyl (C=O) groups is 1. The first kappa shape index (κ1) is 26.0. The van der Waals surface area contributed by atoms with Crippen molar-refractivity contribution in [2.75, 3.05) is 0 Å². The van der Waals surface area contributed by atoms with Gasteiger partial charge in [0, 0.05) is 5.92 Å². The maximum Gasteiger partial charge on any atom is 0.416 e. The molecule has 0 saturated heterocycles. The van der Waals surface area contributed by atoms with Gasteiger partial charge in [-0.15, -0.1) is 0 Å². The van der Waals surface area contributed by atoms with Crippen LogP contribution in [-0.4, -0.2) is 5.91 Å². The van der Waals surface area contributed by atoms with E-state index in [1.54, 1.807) is 6.07 Å². The number of hydrogen-bond acceptors (Lipinski definition) is 2. The Morgan fingerprint density at radius 3 is 2.31 bits per heavy atom. The maximum absolute atomic E-state index is 13.2. The molecule has 0 spiro atoms. The quantitative estimate of drug-likeness (QED) is 0.350. The fourth-order valence-electron chi connectivity index (χ4n) is 5.05. The van der Waals surface area contributed by atoms with E-state index in [4.69, 9.17) is 4.74 Å². The number of nitrogens with one attached hydrogen (secondary N) is 1. The summed E-state index contributed by atoms with van der Waals surface area (Å²) in [7, 11) is 0. The minimum absolute atomic E-state index is 0.0525. The van der Waals surface area contributed by atoms with Crippen LogP contribution in [0.2, 0.25) is 0 Å². The normalized spacial score (nSPS) is 19.0. The number of benzene rings is 3. The Bertz CT molecular complexity index is 1130. The molecular formula is C30H32F3NO2. The van der Waals surface area contributed by atoms with Gasteiger partial charge in [-0.05, 0) is 54.0 Å². The number of alkyl halides is 3. The van der Waals surface area contributed by atoms with E-state index >= 15 is 0 Å². The molecule has 3 aromatic rings. The Hall–Kier alpha value is -3.12. The SMILES string of the molecule is C[C@H](NC(=O)[C@H]1CCCC[C@@H]1c1ccc(COCc2ccccc2C(F)(F)F)cc1)c1ccccc1. The van der Waals surface area contributed by atoms with Crippen molar-refractivity contribution in [3.05, 3.63) is 107 Å². The molecule has 1 N–H and O–H groups in total. The van der Waals surface area contributed by atoms with Crippen molar-refractivity contribution in [1.29, 1.82) is 0 Å². The summed E-state index contributed by atoms with van der Waals surface area (Å²) in [4.78, 5) is 13.2. The van der Waals surface area contributed by atoms with E-state index in [-0.39, 0.29) is 42.6 Å². The summed E-state index contributed by atoms with van der Waals surface area (Å²) in [6, 6.07) is 23.3. The summed E-state index contributed by atoms with van der Waals surface area (Å²) >= 11 is 0. The van der Waals surface area contributed by atoms with Crippen molar-refractivity contribution in [2.45, 2.75) is 64.0 Å². The number of carbonyl (C=O) groups excluding carboxylic acids is 1. The first-order valence-corrected chi connectivity index (χ1v) is 12.5. The molecule has 0 aromatic heterocycles. The smallest absolute Gasteiger partial charge is 0.372 e. The van der Waals surface area contributed by atoms with Crippen molar-refractivity contribution in [3.63, 3.8) is 0 Å². The molecule has 1 aliphatic rings. The molecule has 0 radical (unpaired) electrons. The second-order valence-electron chi connectivity index (χ2n) is 9.53. The van der Waals surface area contributed by atoms with E-state index < -0.39 is 11.7 Å². The number of halogens is 3. The molecule has 6 heteroatoms. The van der Waals surface area contributed by atoms with Crippen LogP contribution in [0, 0.1) is 5.92 Å². The summed E-state index contributed by atoms with van der Waals surface area (Å²) in [5.74, 6) is 0.160. The van der Waals surface area contributed by atoms with E-state index in [9.17, 15) is 18.0 Å². The second-order valence-corrected chi connectivity index (χ2v) is 9.53. The van der Waals surface area contributed by atoms with Crippen LogP contribution in [0.1, 0.15) is 72.4 Å². The van der Waals surface area contributed by atoms with Crippen molar-refractivity contribution in [3.8, 4) is 0 Å². The number of ether oxygens (including phenoxy) is 1. The van der Waals surface area contributed by atoms with Crippen LogP contribution >= 0.6 is 0 Å². The highest BCUT2D eigenvalue weighted by molar-refractivity contribution is 5.80. The van der Waals surface area contributed by atoms with Crippen LogP contribution in [0.3, 0.4) is 0 Å². The molecule has 36 heavy (non-hydrogen) atoms. The molecule has 1 amide bonds. The Morgan fingerprint density at radius 1 is 0.917 bits per heavy atom. The van der Waals surface area contributed by atoms with Crippen molar-refractivity contribution in [1.82, 2.24) is 5.32 Å². The monoisotopic (exact) mass is 495 g/mol. The van der Waals surface area contributed by atoms with Crippen LogP contribution in [0.15, 0.2) is 78.9 Å². The molecule has 3 nitrogen and oxygen atoms in total. The fourth-order valence-corrected chi connectivity index (χ4v) is 5.05. The predicted octanol–water partition coefficient (Wildman–Crippen LogP) is 7.57. The van der Waals surface area contributed by atoms with Gasteiger partial charge < -0.3 is 10.1 Å². The molecule has 0 unspecified atom stereocenters. The van der Waals surface area contributed by atoms with Gasteiger partial charge >= 0.3 is 6.18 Å². The van der Waals surface area contributed by atoms with E-state index in [0.717, 1.165) is 48.4 Å². The second kappa shape index (κ2) is 11.7. The van der Waals surface area contributed by atoms with Gasteiger partial charge in [0.1, 0.15) is 0 Å². The molecule has 3 atom stereocenters. The Kier molecular flexibility index (Phi) is 8.47. The summed E-state index contributed by atoms with van der Waals surface area (Å²) in [5.41, 5.74) is 2.55. The minimum Gasteiger partial charge on any atom is -0.372 e. The fraction of sp³-hybridized carbons (Fsp3) is 0.367. The largest absolute Gasteiger partial charge is 0.416 e. The number of hydrogen-bond donors (Lipinski definition) is 1. The molecule has 1 fully saturated rings. The highest BCUT2D eigenvalue weighted by Gasteiger charge is 2.33. The third kappa shape index (κ3) is 6.55. The van der Waals surface area contributed by atoms with Crippen LogP contribution < -0.4 is 5.32 Å². The average Bonchev–Trinajstić information content (AvgIpc) is 2.89. The Labute approximate surface area is 210 Å². The van der Waals surface area contributed by atoms with Gasteiger partial charge in [-0.25, -0.2) is 0 Å². The molecule has 0 bridgehead atoms. The molecule has 190 valence electrons. The summed E-state index contributed by atoms with van der Waals surface area (Å²) < 4.78 is 45.1. The van der Waals surface area contributed by atoms with Gasteiger partial charge in [0.2, 0.25) is 5.91 Å². The highest BCUT2D eigenvalue weighted by Crippen LogP contribution is 2.38. The van der Waals surface area contributed by atoms with Crippen molar-refractivity contribution >= 4 is 5.91 Å². The molecule has 4 rings (SSSR count). The zero-order valence-electron chi connectivity index (χ0n) is 20.4. The minimum atomic E-state index is -4.40. The molecule has 0 aliphatic heterocycles. The van der Waals surface area contributed by atoms with Gasteiger partial charge in [-0.3, -0.25) is 4.79 Å². The molecule has 1 aliphatic carbocycles. The number of amides is 1. The highest BCUT2D eigenvalue weighted by atomic mass is 19.4. The molecule has 1 saturated carbocycles. The first-order chi connectivity index (χ1) is 17.3. The van der Waals surface area contributed by atoms with Gasteiger partial charge in [0.25, 0.3) is 0 Å². The zero-order valence-corrected chi connectivity index (χ0v) is 20.4. The standard InChI is InChI=1S/C30H32F3NO2/c1-21(23-9-3-2-4-10-23)34-29(35)27-13-7-6-12-26(27)24-17-15-22(16-18-24)19-36-20-25-11-5-8-14-28(25)30(31,32)33/h2-5,8-11,14-18,21,26-27H,6-7,12-13,19-20H2,1H3,(H,34,35)/t21-,26+,27-/m0/s1. The lowest BCUT2D eigenvalue weighted by atomic mass is 9.75. The van der Waals surface area contributed by atoms with Crippen LogP contribution in [0.25, 0.3) is 0 Å². The molecule has 0 heterocycles. The lowest BCUT2D eigenvalue weighted by Crippen LogP contribution is -2.37. The Morgan fingerprint density at radius 2 is 1.58 bits per heavy atom. The Balaban J connectivity index is 1.36. The lowest BCUT2D eigenvalue weighted by Gasteiger charge is -2.32.